The first kappa shape index (κ1) is 15.7. The predicted molar refractivity (Wildman–Crippen MR) is 63.3 cm³/mol. The molecule has 7 nitrogen and oxygen atoms in total. The first-order valence-electron chi connectivity index (χ1n) is 6.38. The fourth-order valence-electron chi connectivity index (χ4n) is 2.24. The van der Waals surface area contributed by atoms with E-state index in [0.29, 0.717) is 5.69 Å². The highest BCUT2D eigenvalue weighted by molar-refractivity contribution is 5.88. The van der Waals surface area contributed by atoms with E-state index in [9.17, 15) is 18.0 Å². The van der Waals surface area contributed by atoms with Crippen molar-refractivity contribution in [2.45, 2.75) is 31.8 Å². The molecule has 1 aromatic heterocycles. The molecule has 0 saturated carbocycles. The number of methoxy groups -OCH3 is 1. The van der Waals surface area contributed by atoms with Crippen molar-refractivity contribution in [2.75, 3.05) is 20.3 Å². The Morgan fingerprint density at radius 1 is 1.52 bits per heavy atom. The molecule has 0 spiro atoms. The van der Waals surface area contributed by atoms with Gasteiger partial charge in [0.1, 0.15) is 0 Å². The number of carbonyl (C=O) groups excluding carboxylic acids is 1. The largest absolute Gasteiger partial charge is 0.522 e. The average Bonchev–Trinajstić information content (AvgIpc) is 3.04. The molecule has 2 rings (SSSR count). The number of carbonyl (C=O) groups is 1. The highest BCUT2D eigenvalue weighted by Gasteiger charge is 2.31. The second-order valence-corrected chi connectivity index (χ2v) is 4.48. The molecular formula is C11H15F3N4O3. The van der Waals surface area contributed by atoms with Crippen molar-refractivity contribution < 1.29 is 27.4 Å². The van der Waals surface area contributed by atoms with Crippen molar-refractivity contribution in [2.24, 2.45) is 0 Å². The molecule has 0 radical (unpaired) electrons. The fourth-order valence-corrected chi connectivity index (χ4v) is 2.24. The van der Waals surface area contributed by atoms with Crippen molar-refractivity contribution in [3.8, 4) is 0 Å². The maximum atomic E-state index is 12.0. The second kappa shape index (κ2) is 6.39. The van der Waals surface area contributed by atoms with E-state index in [4.69, 9.17) is 0 Å². The summed E-state index contributed by atoms with van der Waals surface area (Å²) in [5.41, 5.74) is 0.453. The van der Waals surface area contributed by atoms with Gasteiger partial charge < -0.3 is 10.1 Å². The van der Waals surface area contributed by atoms with E-state index < -0.39 is 18.9 Å². The lowest BCUT2D eigenvalue weighted by molar-refractivity contribution is -0.325. The number of aromatic nitrogens is 3. The van der Waals surface area contributed by atoms with Crippen molar-refractivity contribution in [3.63, 3.8) is 0 Å². The van der Waals surface area contributed by atoms with Gasteiger partial charge in [0, 0.05) is 0 Å². The SMILES string of the molecule is COC(=O)c1nnn(CCOC(F)(F)F)c1C1CCCN1. The van der Waals surface area contributed by atoms with Crippen LogP contribution in [-0.4, -0.2) is 47.6 Å². The number of hydrogen-bond acceptors (Lipinski definition) is 6. The molecule has 1 saturated heterocycles. The molecule has 0 aromatic carbocycles. The molecule has 0 bridgehead atoms. The summed E-state index contributed by atoms with van der Waals surface area (Å²) in [5.74, 6) is -0.665. The van der Waals surface area contributed by atoms with Crippen LogP contribution in [0.4, 0.5) is 13.2 Å². The van der Waals surface area contributed by atoms with Crippen LogP contribution in [0.25, 0.3) is 0 Å². The Balaban J connectivity index is 2.16. The summed E-state index contributed by atoms with van der Waals surface area (Å²) in [6, 6.07) is -0.181. The molecule has 1 unspecified atom stereocenters. The molecule has 21 heavy (non-hydrogen) atoms. The lowest BCUT2D eigenvalue weighted by atomic mass is 10.1. The van der Waals surface area contributed by atoms with E-state index in [1.807, 2.05) is 0 Å². The zero-order chi connectivity index (χ0) is 15.5. The average molecular weight is 308 g/mol. The normalized spacial score (nSPS) is 19.0. The van der Waals surface area contributed by atoms with E-state index in [1.165, 1.54) is 11.8 Å². The van der Waals surface area contributed by atoms with Gasteiger partial charge in [0.15, 0.2) is 5.69 Å². The van der Waals surface area contributed by atoms with Crippen molar-refractivity contribution in [3.05, 3.63) is 11.4 Å². The molecule has 1 aromatic rings. The molecule has 118 valence electrons. The van der Waals surface area contributed by atoms with Gasteiger partial charge in [-0.15, -0.1) is 18.3 Å². The minimum Gasteiger partial charge on any atom is -0.464 e. The minimum atomic E-state index is -4.70. The van der Waals surface area contributed by atoms with Crippen LogP contribution < -0.4 is 5.32 Å². The first-order valence-corrected chi connectivity index (χ1v) is 6.38. The zero-order valence-corrected chi connectivity index (χ0v) is 11.3. The molecule has 0 amide bonds. The van der Waals surface area contributed by atoms with E-state index in [1.54, 1.807) is 0 Å². The van der Waals surface area contributed by atoms with Gasteiger partial charge in [-0.05, 0) is 19.4 Å². The van der Waals surface area contributed by atoms with E-state index in [0.717, 1.165) is 19.4 Å². The van der Waals surface area contributed by atoms with Crippen LogP contribution in [0.1, 0.15) is 35.1 Å². The van der Waals surface area contributed by atoms with Gasteiger partial charge in [-0.1, -0.05) is 5.21 Å². The molecule has 10 heteroatoms. The number of halogens is 3. The van der Waals surface area contributed by atoms with Gasteiger partial charge in [-0.3, -0.25) is 4.74 Å². The molecule has 0 aliphatic carbocycles. The molecule has 1 fully saturated rings. The highest BCUT2D eigenvalue weighted by atomic mass is 19.4. The Bertz CT molecular complexity index is 497. The Labute approximate surface area is 118 Å². The summed E-state index contributed by atoms with van der Waals surface area (Å²) < 4.78 is 45.6. The smallest absolute Gasteiger partial charge is 0.464 e. The van der Waals surface area contributed by atoms with E-state index in [2.05, 4.69) is 25.1 Å². The Morgan fingerprint density at radius 2 is 2.29 bits per heavy atom. The lowest BCUT2D eigenvalue weighted by Gasteiger charge is -2.14. The molecular weight excluding hydrogens is 293 g/mol. The third kappa shape index (κ3) is 3.91. The molecule has 2 heterocycles. The maximum Gasteiger partial charge on any atom is 0.522 e. The minimum absolute atomic E-state index is 0.0175. The van der Waals surface area contributed by atoms with Crippen molar-refractivity contribution in [1.29, 1.82) is 0 Å². The van der Waals surface area contributed by atoms with Crippen LogP contribution >= 0.6 is 0 Å². The van der Waals surface area contributed by atoms with Crippen LogP contribution in [0.5, 0.6) is 0 Å². The predicted octanol–water partition coefficient (Wildman–Crippen LogP) is 1.03. The number of alkyl halides is 3. The van der Waals surface area contributed by atoms with Crippen LogP contribution in [0.15, 0.2) is 0 Å². The highest BCUT2D eigenvalue weighted by Crippen LogP contribution is 2.25. The molecule has 1 N–H and O–H groups in total. The zero-order valence-electron chi connectivity index (χ0n) is 11.3. The second-order valence-electron chi connectivity index (χ2n) is 4.48. The monoisotopic (exact) mass is 308 g/mol. The van der Waals surface area contributed by atoms with Gasteiger partial charge in [-0.2, -0.15) is 0 Å². The number of rotatable bonds is 5. The summed E-state index contributed by atoms with van der Waals surface area (Å²) in [6.07, 6.45) is -3.05. The number of hydrogen-bond donors (Lipinski definition) is 1. The number of nitrogens with one attached hydrogen (secondary N) is 1. The van der Waals surface area contributed by atoms with E-state index in [-0.39, 0.29) is 18.3 Å². The van der Waals surface area contributed by atoms with Gasteiger partial charge in [0.2, 0.25) is 0 Å². The van der Waals surface area contributed by atoms with Crippen molar-refractivity contribution in [1.82, 2.24) is 20.3 Å². The van der Waals surface area contributed by atoms with Gasteiger partial charge in [0.25, 0.3) is 0 Å². The fraction of sp³-hybridized carbons (Fsp3) is 0.727. The first-order chi connectivity index (χ1) is 9.92. The molecule has 1 aliphatic heterocycles. The quantitative estimate of drug-likeness (QED) is 0.819. The van der Waals surface area contributed by atoms with Crippen LogP contribution in [0, 0.1) is 0 Å². The van der Waals surface area contributed by atoms with Crippen LogP contribution in [0.3, 0.4) is 0 Å². The molecule has 1 aliphatic rings. The van der Waals surface area contributed by atoms with Gasteiger partial charge in [-0.25, -0.2) is 9.48 Å². The molecule has 1 atom stereocenters. The van der Waals surface area contributed by atoms with E-state index >= 15 is 0 Å². The van der Waals surface area contributed by atoms with Gasteiger partial charge >= 0.3 is 12.3 Å². The standard InChI is InChI=1S/C11H15F3N4O3/c1-20-10(19)8-9(7-3-2-4-15-7)18(17-16-8)5-6-21-11(12,13)14/h7,15H,2-6H2,1H3. The Hall–Kier alpha value is -1.68. The summed E-state index contributed by atoms with van der Waals surface area (Å²) in [6.45, 7) is -0.000277. The number of esters is 1. The summed E-state index contributed by atoms with van der Waals surface area (Å²) in [5, 5.41) is 10.6. The van der Waals surface area contributed by atoms with Crippen molar-refractivity contribution >= 4 is 5.97 Å². The van der Waals surface area contributed by atoms with Crippen LogP contribution in [-0.2, 0) is 16.0 Å². The topological polar surface area (TPSA) is 78.3 Å². The number of nitrogens with zero attached hydrogens (tertiary/aromatic N) is 3. The summed E-state index contributed by atoms with van der Waals surface area (Å²) in [4.78, 5) is 11.7. The summed E-state index contributed by atoms with van der Waals surface area (Å²) >= 11 is 0. The summed E-state index contributed by atoms with van der Waals surface area (Å²) in [7, 11) is 1.21. The Kier molecular flexibility index (Phi) is 4.78. The van der Waals surface area contributed by atoms with Gasteiger partial charge in [0.05, 0.1) is 32.0 Å². The van der Waals surface area contributed by atoms with Crippen LogP contribution in [0.2, 0.25) is 0 Å². The Morgan fingerprint density at radius 3 is 2.86 bits per heavy atom. The number of ether oxygens (including phenoxy) is 2. The maximum absolute atomic E-state index is 12.0. The lowest BCUT2D eigenvalue weighted by Crippen LogP contribution is -2.23. The third-order valence-electron chi connectivity index (χ3n) is 3.11. The third-order valence-corrected chi connectivity index (χ3v) is 3.11.